The number of carbonyl (C=O) groups is 4. The maximum absolute atomic E-state index is 13.1. The Kier molecular flexibility index (Phi) is 71.8. The van der Waals surface area contributed by atoms with Gasteiger partial charge in [0, 0.05) is 25.7 Å². The Morgan fingerprint density at radius 3 is 0.824 bits per heavy atom. The number of esters is 4. The maximum Gasteiger partial charge on any atom is 0.472 e. The third kappa shape index (κ3) is 74.0. The second-order valence-corrected chi connectivity index (χ2v) is 29.6. The lowest BCUT2D eigenvalue weighted by molar-refractivity contribution is -0.161. The van der Waals surface area contributed by atoms with Gasteiger partial charge in [0.25, 0.3) is 0 Å². The molecule has 3 N–H and O–H groups in total. The van der Waals surface area contributed by atoms with Crippen molar-refractivity contribution in [1.29, 1.82) is 0 Å². The third-order valence-corrected chi connectivity index (χ3v) is 18.6. The highest BCUT2D eigenvalue weighted by Crippen LogP contribution is 2.45. The molecule has 0 aromatic heterocycles. The van der Waals surface area contributed by atoms with Crippen LogP contribution in [0, 0.1) is 0 Å². The van der Waals surface area contributed by atoms with Crippen LogP contribution in [-0.2, 0) is 65.4 Å². The molecule has 0 aromatic rings. The summed E-state index contributed by atoms with van der Waals surface area (Å²) in [5, 5.41) is 10.6. The van der Waals surface area contributed by atoms with Gasteiger partial charge in [0.15, 0.2) is 12.2 Å². The topological polar surface area (TPSA) is 237 Å². The van der Waals surface area contributed by atoms with E-state index in [2.05, 4.69) is 113 Å². The largest absolute Gasteiger partial charge is 0.472 e. The van der Waals surface area contributed by atoms with E-state index in [4.69, 9.17) is 37.0 Å². The molecule has 0 amide bonds. The minimum atomic E-state index is -5.00. The van der Waals surface area contributed by atoms with E-state index >= 15 is 0 Å². The van der Waals surface area contributed by atoms with E-state index in [0.29, 0.717) is 38.5 Å². The minimum absolute atomic E-state index is 0.00664. The summed E-state index contributed by atoms with van der Waals surface area (Å²) in [6.07, 6.45) is 80.8. The van der Waals surface area contributed by atoms with E-state index < -0.39 is 97.5 Å². The van der Waals surface area contributed by atoms with Crippen molar-refractivity contribution in [3.8, 4) is 0 Å². The van der Waals surface area contributed by atoms with Gasteiger partial charge >= 0.3 is 39.5 Å². The van der Waals surface area contributed by atoms with Crippen LogP contribution in [0.4, 0.5) is 0 Å². The maximum atomic E-state index is 13.1. The lowest BCUT2D eigenvalue weighted by Crippen LogP contribution is -2.30. The summed E-state index contributed by atoms with van der Waals surface area (Å²) < 4.78 is 68.5. The number of aliphatic hydroxyl groups is 1. The number of phosphoric acid groups is 2. The molecule has 0 bridgehead atoms. The number of allylic oxidation sites excluding steroid dienone is 18. The quantitative estimate of drug-likeness (QED) is 0.0169. The lowest BCUT2D eigenvalue weighted by Gasteiger charge is -2.21. The molecule has 5 atom stereocenters. The first kappa shape index (κ1) is 97.7. The van der Waals surface area contributed by atoms with Crippen LogP contribution in [0.5, 0.6) is 0 Å². The van der Waals surface area contributed by atoms with E-state index in [1.54, 1.807) is 0 Å². The molecule has 0 heterocycles. The van der Waals surface area contributed by atoms with Crippen LogP contribution in [-0.4, -0.2) is 96.7 Å². The molecule has 17 nitrogen and oxygen atoms in total. The summed E-state index contributed by atoms with van der Waals surface area (Å²) in [6, 6.07) is 0. The zero-order chi connectivity index (χ0) is 74.6. The van der Waals surface area contributed by atoms with Crippen LogP contribution in [0.3, 0.4) is 0 Å². The number of aliphatic hydroxyl groups excluding tert-OH is 1. The van der Waals surface area contributed by atoms with Crippen molar-refractivity contribution in [1.82, 2.24) is 0 Å². The molecule has 588 valence electrons. The van der Waals surface area contributed by atoms with Crippen molar-refractivity contribution in [3.63, 3.8) is 0 Å². The molecule has 0 aliphatic heterocycles. The van der Waals surface area contributed by atoms with Crippen LogP contribution < -0.4 is 0 Å². The fraction of sp³-hybridized carbons (Fsp3) is 0.735. The highest BCUT2D eigenvalue weighted by Gasteiger charge is 2.30. The van der Waals surface area contributed by atoms with Crippen molar-refractivity contribution >= 4 is 39.5 Å². The number of unbranched alkanes of at least 4 members (excludes halogenated alkanes) is 31. The molecule has 102 heavy (non-hydrogen) atoms. The molecule has 0 radical (unpaired) electrons. The summed E-state index contributed by atoms with van der Waals surface area (Å²) in [7, 11) is -9.98. The lowest BCUT2D eigenvalue weighted by atomic mass is 10.0. The van der Waals surface area contributed by atoms with Crippen LogP contribution in [0.2, 0.25) is 0 Å². The zero-order valence-corrected chi connectivity index (χ0v) is 66.0. The first-order valence-corrected chi connectivity index (χ1v) is 43.1. The van der Waals surface area contributed by atoms with Gasteiger partial charge in [0.2, 0.25) is 0 Å². The van der Waals surface area contributed by atoms with Crippen molar-refractivity contribution < 1.29 is 80.2 Å². The minimum Gasteiger partial charge on any atom is -0.462 e. The van der Waals surface area contributed by atoms with Gasteiger partial charge in [-0.05, 0) is 128 Å². The fourth-order valence-corrected chi connectivity index (χ4v) is 12.1. The molecular formula is C83H144O17P2. The van der Waals surface area contributed by atoms with Crippen LogP contribution in [0.25, 0.3) is 0 Å². The first-order valence-electron chi connectivity index (χ1n) is 40.1. The summed E-state index contributed by atoms with van der Waals surface area (Å²) in [4.78, 5) is 72.9. The Bertz CT molecular complexity index is 2360. The Morgan fingerprint density at radius 2 is 0.490 bits per heavy atom. The number of hydrogen-bond acceptors (Lipinski definition) is 15. The van der Waals surface area contributed by atoms with Gasteiger partial charge in [-0.15, -0.1) is 0 Å². The van der Waals surface area contributed by atoms with Crippen LogP contribution in [0.1, 0.15) is 336 Å². The highest BCUT2D eigenvalue weighted by molar-refractivity contribution is 7.47. The Labute approximate surface area is 619 Å². The molecule has 0 aliphatic rings. The molecular weight excluding hydrogens is 1330 g/mol. The van der Waals surface area contributed by atoms with E-state index in [9.17, 15) is 43.2 Å². The predicted octanol–water partition coefficient (Wildman–Crippen LogP) is 23.3. The van der Waals surface area contributed by atoms with Gasteiger partial charge in [-0.1, -0.05) is 291 Å². The van der Waals surface area contributed by atoms with E-state index in [1.807, 2.05) is 24.3 Å². The number of hydrogen-bond donors (Lipinski definition) is 3. The number of phosphoric ester groups is 2. The van der Waals surface area contributed by atoms with E-state index in [0.717, 1.165) is 116 Å². The fourth-order valence-electron chi connectivity index (χ4n) is 10.6. The average molecular weight is 1480 g/mol. The molecule has 0 aliphatic carbocycles. The van der Waals surface area contributed by atoms with Gasteiger partial charge in [-0.25, -0.2) is 9.13 Å². The predicted molar refractivity (Wildman–Crippen MR) is 418 cm³/mol. The first-order chi connectivity index (χ1) is 49.7. The standard InChI is InChI=1S/C83H144O17P2/c1-5-9-13-17-21-25-29-33-36-38-41-45-48-52-56-60-64-68-81(86)94-74-79(100-83(88)70-66-62-58-54-50-46-42-39-37-34-30-26-22-18-14-10-6-2)76-98-102(91,92)96-72-77(84)71-95-101(89,90)97-75-78(99-82(87)69-65-61-57-53-49-43-32-28-24-20-16-12-8-4)73-93-80(85)67-63-59-55-51-47-44-40-35-31-27-23-19-15-11-7-3/h21-22,25-27,31,33-34,36-37,41-42,45-46,52,54,56,58,77-79,84H,5-20,23-24,28-30,32,35,38-40,43-44,47-51,53,55,57,59-76H2,1-4H3,(H,89,90)(H,91,92)/b25-21-,26-22-,31-27-,36-33-,37-34-,45-41-,46-42-,56-52-,58-54-/t77-,78+,79+/m0/s1. The van der Waals surface area contributed by atoms with Crippen molar-refractivity contribution in [2.75, 3.05) is 39.6 Å². The van der Waals surface area contributed by atoms with Crippen molar-refractivity contribution in [3.05, 3.63) is 109 Å². The average Bonchev–Trinajstić information content (AvgIpc) is 0.959. The Hall–Kier alpha value is -4.28. The van der Waals surface area contributed by atoms with Crippen LogP contribution >= 0.6 is 15.6 Å². The highest BCUT2D eigenvalue weighted by atomic mass is 31.2. The molecule has 0 saturated heterocycles. The second-order valence-electron chi connectivity index (χ2n) is 26.7. The van der Waals surface area contributed by atoms with Crippen LogP contribution in [0.15, 0.2) is 109 Å². The third-order valence-electron chi connectivity index (χ3n) is 16.7. The number of ether oxygens (including phenoxy) is 4. The van der Waals surface area contributed by atoms with Gasteiger partial charge in [0.05, 0.1) is 26.4 Å². The molecule has 0 spiro atoms. The molecule has 0 rings (SSSR count). The van der Waals surface area contributed by atoms with Gasteiger partial charge in [-0.2, -0.15) is 0 Å². The normalized spacial score (nSPS) is 14.5. The number of carbonyl (C=O) groups excluding carboxylic acids is 4. The van der Waals surface area contributed by atoms with E-state index in [1.165, 1.54) is 128 Å². The van der Waals surface area contributed by atoms with Crippen molar-refractivity contribution in [2.24, 2.45) is 0 Å². The number of rotatable bonds is 75. The van der Waals surface area contributed by atoms with Crippen molar-refractivity contribution in [2.45, 2.75) is 354 Å². The van der Waals surface area contributed by atoms with E-state index in [-0.39, 0.29) is 25.7 Å². The Morgan fingerprint density at radius 1 is 0.275 bits per heavy atom. The molecule has 2 unspecified atom stereocenters. The second kappa shape index (κ2) is 75.0. The molecule has 0 fully saturated rings. The molecule has 0 aromatic carbocycles. The van der Waals surface area contributed by atoms with Gasteiger partial charge in [-0.3, -0.25) is 37.3 Å². The monoisotopic (exact) mass is 1470 g/mol. The smallest absolute Gasteiger partial charge is 0.462 e. The Balaban J connectivity index is 5.45. The SMILES string of the molecule is CCCCC/C=C\C/C=C\C/C=C\C/C=C\CCCC(=O)OC[C@H](COP(=O)(O)OC[C@@H](O)COP(=O)(O)OC[C@@H](COC(=O)CCCCCCCCC/C=C\CCCCCC)OC(=O)CCCCCCCCCCCCCCC)OC(=O)CCC/C=C\C/C=C\C/C=C\C/C=C\CCCCC. The zero-order valence-electron chi connectivity index (χ0n) is 64.3. The summed E-state index contributed by atoms with van der Waals surface area (Å²) in [5.74, 6) is -2.30. The molecule has 0 saturated carbocycles. The molecule has 19 heteroatoms. The summed E-state index contributed by atoms with van der Waals surface area (Å²) in [6.45, 7) is 4.71. The van der Waals surface area contributed by atoms with Gasteiger partial charge in [0.1, 0.15) is 19.3 Å². The van der Waals surface area contributed by atoms with Gasteiger partial charge < -0.3 is 33.8 Å². The summed E-state index contributed by atoms with van der Waals surface area (Å²) in [5.41, 5.74) is 0. The summed E-state index contributed by atoms with van der Waals surface area (Å²) >= 11 is 0.